The fraction of sp³-hybridized carbons (Fsp3) is 0.647. The van der Waals surface area contributed by atoms with E-state index in [1.165, 1.54) is 42.8 Å². The highest BCUT2D eigenvalue weighted by atomic mass is 32.2. The van der Waals surface area contributed by atoms with Gasteiger partial charge >= 0.3 is 0 Å². The molecule has 1 aromatic carbocycles. The molecule has 20 heavy (non-hydrogen) atoms. The average Bonchev–Trinajstić information content (AvgIpc) is 2.60. The van der Waals surface area contributed by atoms with Crippen LogP contribution in [0.1, 0.15) is 37.0 Å². The van der Waals surface area contributed by atoms with Gasteiger partial charge in [0, 0.05) is 30.1 Å². The second kappa shape index (κ2) is 6.08. The van der Waals surface area contributed by atoms with Crippen LogP contribution in [0.4, 0.5) is 0 Å². The van der Waals surface area contributed by atoms with E-state index in [4.69, 9.17) is 0 Å². The van der Waals surface area contributed by atoms with E-state index in [1.807, 2.05) is 0 Å². The molecule has 1 N–H and O–H groups in total. The molecule has 2 aliphatic heterocycles. The molecule has 0 unspecified atom stereocenters. The summed E-state index contributed by atoms with van der Waals surface area (Å²) >= 11 is 2.13. The number of thioether (sulfide) groups is 1. The lowest BCUT2D eigenvalue weighted by molar-refractivity contribution is 0.276. The van der Waals surface area contributed by atoms with Crippen molar-refractivity contribution in [1.82, 2.24) is 10.2 Å². The zero-order chi connectivity index (χ0) is 14.0. The minimum Gasteiger partial charge on any atom is -0.312 e. The van der Waals surface area contributed by atoms with Gasteiger partial charge in [0.25, 0.3) is 0 Å². The van der Waals surface area contributed by atoms with E-state index in [-0.39, 0.29) is 0 Å². The summed E-state index contributed by atoms with van der Waals surface area (Å²) in [5.41, 5.74) is 4.54. The Balaban J connectivity index is 1.65. The Labute approximate surface area is 127 Å². The normalized spacial score (nSPS) is 23.1. The Kier molecular flexibility index (Phi) is 4.39. The van der Waals surface area contributed by atoms with E-state index in [2.05, 4.69) is 54.0 Å². The zero-order valence-corrected chi connectivity index (χ0v) is 13.6. The third kappa shape index (κ3) is 3.57. The topological polar surface area (TPSA) is 15.3 Å². The van der Waals surface area contributed by atoms with Crippen molar-refractivity contribution < 1.29 is 0 Å². The first kappa shape index (κ1) is 14.4. The summed E-state index contributed by atoms with van der Waals surface area (Å²) in [4.78, 5) is 2.62. The van der Waals surface area contributed by atoms with Gasteiger partial charge in [-0.15, -0.1) is 0 Å². The van der Waals surface area contributed by atoms with E-state index in [0.29, 0.717) is 4.75 Å². The molecule has 110 valence electrons. The number of nitrogens with zero attached hydrogens (tertiary/aromatic N) is 1. The summed E-state index contributed by atoms with van der Waals surface area (Å²) < 4.78 is 0.453. The van der Waals surface area contributed by atoms with Crippen molar-refractivity contribution in [2.45, 2.75) is 44.5 Å². The number of hydrogen-bond acceptors (Lipinski definition) is 3. The van der Waals surface area contributed by atoms with Crippen molar-refractivity contribution >= 4 is 11.8 Å². The van der Waals surface area contributed by atoms with Crippen LogP contribution in [0.5, 0.6) is 0 Å². The van der Waals surface area contributed by atoms with Crippen LogP contribution in [0.3, 0.4) is 0 Å². The third-order valence-electron chi connectivity index (χ3n) is 4.49. The Hall–Kier alpha value is -0.510. The molecule has 0 amide bonds. The largest absolute Gasteiger partial charge is 0.312 e. The maximum Gasteiger partial charge on any atom is 0.0234 e. The molecular formula is C17H26N2S. The van der Waals surface area contributed by atoms with Crippen molar-refractivity contribution in [3.05, 3.63) is 34.9 Å². The fourth-order valence-corrected chi connectivity index (χ4v) is 4.25. The highest BCUT2D eigenvalue weighted by Gasteiger charge is 2.23. The predicted molar refractivity (Wildman–Crippen MR) is 88.3 cm³/mol. The first-order valence-corrected chi connectivity index (χ1v) is 8.79. The standard InChI is InChI=1S/C17H26N2S/c1-17(2)6-8-19(9-10-20-17)13-14-3-4-15-5-7-18-12-16(15)11-14/h3-4,11,18H,5-10,12-13H2,1-2H3. The Bertz CT molecular complexity index is 470. The van der Waals surface area contributed by atoms with Crippen LogP contribution in [0.2, 0.25) is 0 Å². The van der Waals surface area contributed by atoms with Gasteiger partial charge in [0.05, 0.1) is 0 Å². The lowest BCUT2D eigenvalue weighted by atomic mass is 9.98. The monoisotopic (exact) mass is 290 g/mol. The Morgan fingerprint density at radius 2 is 2.15 bits per heavy atom. The van der Waals surface area contributed by atoms with Crippen molar-refractivity contribution in [3.63, 3.8) is 0 Å². The van der Waals surface area contributed by atoms with Gasteiger partial charge in [-0.05, 0) is 42.6 Å². The number of hydrogen-bond donors (Lipinski definition) is 1. The summed E-state index contributed by atoms with van der Waals surface area (Å²) in [7, 11) is 0. The summed E-state index contributed by atoms with van der Waals surface area (Å²) in [5.74, 6) is 1.26. The lowest BCUT2D eigenvalue weighted by Crippen LogP contribution is -2.27. The second-order valence-electron chi connectivity index (χ2n) is 6.66. The first-order chi connectivity index (χ1) is 9.62. The van der Waals surface area contributed by atoms with Gasteiger partial charge in [0.15, 0.2) is 0 Å². The Morgan fingerprint density at radius 1 is 1.25 bits per heavy atom. The number of fused-ring (bicyclic) bond motifs is 1. The SMILES string of the molecule is CC1(C)CCN(Cc2ccc3c(c2)CNCC3)CCS1. The molecule has 0 atom stereocenters. The van der Waals surface area contributed by atoms with Crippen molar-refractivity contribution in [2.75, 3.05) is 25.4 Å². The molecule has 1 saturated heterocycles. The first-order valence-electron chi connectivity index (χ1n) is 7.80. The quantitative estimate of drug-likeness (QED) is 0.901. The molecule has 2 nitrogen and oxygen atoms in total. The lowest BCUT2D eigenvalue weighted by Gasteiger charge is -2.23. The van der Waals surface area contributed by atoms with E-state index >= 15 is 0 Å². The minimum atomic E-state index is 0.453. The summed E-state index contributed by atoms with van der Waals surface area (Å²) in [6, 6.07) is 7.11. The van der Waals surface area contributed by atoms with Gasteiger partial charge in [-0.25, -0.2) is 0 Å². The predicted octanol–water partition coefficient (Wildman–Crippen LogP) is 3.05. The number of nitrogens with one attached hydrogen (secondary N) is 1. The molecule has 2 aliphatic rings. The van der Waals surface area contributed by atoms with Gasteiger partial charge in [-0.2, -0.15) is 11.8 Å². The summed E-state index contributed by atoms with van der Waals surface area (Å²) in [6.45, 7) is 10.5. The number of benzene rings is 1. The molecular weight excluding hydrogens is 264 g/mol. The number of rotatable bonds is 2. The molecule has 2 heterocycles. The van der Waals surface area contributed by atoms with Crippen molar-refractivity contribution in [2.24, 2.45) is 0 Å². The van der Waals surface area contributed by atoms with Crippen LogP contribution in [0, 0.1) is 0 Å². The van der Waals surface area contributed by atoms with Gasteiger partial charge < -0.3 is 5.32 Å². The molecule has 3 heteroatoms. The molecule has 0 radical (unpaired) electrons. The zero-order valence-electron chi connectivity index (χ0n) is 12.7. The van der Waals surface area contributed by atoms with E-state index in [9.17, 15) is 0 Å². The fourth-order valence-electron chi connectivity index (χ4n) is 3.11. The minimum absolute atomic E-state index is 0.453. The van der Waals surface area contributed by atoms with Crippen LogP contribution in [-0.2, 0) is 19.5 Å². The molecule has 3 rings (SSSR count). The van der Waals surface area contributed by atoms with Crippen LogP contribution >= 0.6 is 11.8 Å². The van der Waals surface area contributed by atoms with Crippen LogP contribution in [0.25, 0.3) is 0 Å². The molecule has 0 bridgehead atoms. The molecule has 0 aromatic heterocycles. The maximum absolute atomic E-state index is 3.48. The van der Waals surface area contributed by atoms with Crippen LogP contribution in [0.15, 0.2) is 18.2 Å². The molecule has 1 fully saturated rings. The highest BCUT2D eigenvalue weighted by Crippen LogP contribution is 2.31. The van der Waals surface area contributed by atoms with E-state index in [1.54, 1.807) is 5.56 Å². The smallest absolute Gasteiger partial charge is 0.0234 e. The van der Waals surface area contributed by atoms with Crippen LogP contribution in [-0.4, -0.2) is 35.0 Å². The summed E-state index contributed by atoms with van der Waals surface area (Å²) in [6.07, 6.45) is 2.48. The maximum atomic E-state index is 3.48. The highest BCUT2D eigenvalue weighted by molar-refractivity contribution is 8.00. The molecule has 1 aromatic rings. The summed E-state index contributed by atoms with van der Waals surface area (Å²) in [5, 5.41) is 3.48. The Morgan fingerprint density at radius 3 is 3.05 bits per heavy atom. The van der Waals surface area contributed by atoms with Crippen molar-refractivity contribution in [1.29, 1.82) is 0 Å². The van der Waals surface area contributed by atoms with Crippen LogP contribution < -0.4 is 5.32 Å². The van der Waals surface area contributed by atoms with Crippen molar-refractivity contribution in [3.8, 4) is 0 Å². The average molecular weight is 290 g/mol. The van der Waals surface area contributed by atoms with Gasteiger partial charge in [-0.1, -0.05) is 32.0 Å². The van der Waals surface area contributed by atoms with E-state index in [0.717, 1.165) is 19.6 Å². The third-order valence-corrected chi connectivity index (χ3v) is 5.87. The van der Waals surface area contributed by atoms with Gasteiger partial charge in [0.2, 0.25) is 0 Å². The molecule has 0 spiro atoms. The van der Waals surface area contributed by atoms with Gasteiger partial charge in [0.1, 0.15) is 0 Å². The van der Waals surface area contributed by atoms with E-state index < -0.39 is 0 Å². The van der Waals surface area contributed by atoms with Gasteiger partial charge in [-0.3, -0.25) is 4.90 Å². The molecule has 0 aliphatic carbocycles. The molecule has 0 saturated carbocycles. The second-order valence-corrected chi connectivity index (χ2v) is 8.47.